The minimum absolute atomic E-state index is 0.00337. The van der Waals surface area contributed by atoms with Crippen LogP contribution in [0.3, 0.4) is 0 Å². The van der Waals surface area contributed by atoms with Crippen molar-refractivity contribution in [2.75, 3.05) is 13.2 Å². The lowest BCUT2D eigenvalue weighted by Crippen LogP contribution is -2.30. The lowest BCUT2D eigenvalue weighted by Gasteiger charge is -2.12. The van der Waals surface area contributed by atoms with E-state index in [1.807, 2.05) is 25.3 Å². The van der Waals surface area contributed by atoms with Gasteiger partial charge in [0.05, 0.1) is 24.2 Å². The lowest BCUT2D eigenvalue weighted by atomic mass is 10.2. The van der Waals surface area contributed by atoms with Gasteiger partial charge in [0.25, 0.3) is 5.91 Å². The highest BCUT2D eigenvalue weighted by atomic mass is 32.1. The summed E-state index contributed by atoms with van der Waals surface area (Å²) in [5, 5.41) is 1.84. The van der Waals surface area contributed by atoms with Crippen molar-refractivity contribution in [2.24, 2.45) is 5.84 Å². The molecule has 0 aromatic carbocycles. The molecule has 0 radical (unpaired) electrons. The van der Waals surface area contributed by atoms with Gasteiger partial charge in [0, 0.05) is 12.2 Å². The van der Waals surface area contributed by atoms with Crippen LogP contribution in [-0.4, -0.2) is 25.2 Å². The van der Waals surface area contributed by atoms with Crippen LogP contribution in [0, 0.1) is 0 Å². The molecule has 96 valence electrons. The Balaban J connectivity index is 2.46. The maximum absolute atomic E-state index is 11.4. The number of carbonyl (C=O) groups excluding carboxylic acids is 1. The highest BCUT2D eigenvalue weighted by molar-refractivity contribution is 7.12. The van der Waals surface area contributed by atoms with Crippen LogP contribution < -0.4 is 11.3 Å². The molecule has 0 saturated heterocycles. The standard InChI is InChI=1S/C11H18N2O3S/c1-3-15-6-8(2)16-7-9-4-5-17-10(9)11(14)13-12/h4-5,8H,3,6-7,12H2,1-2H3,(H,13,14). The largest absolute Gasteiger partial charge is 0.379 e. The number of nitrogen functional groups attached to an aromatic ring is 1. The van der Waals surface area contributed by atoms with Crippen molar-refractivity contribution in [1.29, 1.82) is 0 Å². The summed E-state index contributed by atoms with van der Waals surface area (Å²) in [5.41, 5.74) is 2.97. The molecule has 3 N–H and O–H groups in total. The van der Waals surface area contributed by atoms with Gasteiger partial charge in [0.2, 0.25) is 0 Å². The molecule has 0 aliphatic rings. The number of nitrogens with one attached hydrogen (secondary N) is 1. The summed E-state index contributed by atoms with van der Waals surface area (Å²) in [6.07, 6.45) is 0.00337. The molecule has 1 aromatic rings. The Bertz CT molecular complexity index is 354. The number of amides is 1. The number of ether oxygens (including phenoxy) is 2. The second-order valence-corrected chi connectivity index (χ2v) is 4.45. The maximum Gasteiger partial charge on any atom is 0.275 e. The summed E-state index contributed by atoms with van der Waals surface area (Å²) in [6.45, 7) is 5.49. The van der Waals surface area contributed by atoms with Crippen LogP contribution in [0.4, 0.5) is 0 Å². The monoisotopic (exact) mass is 258 g/mol. The second kappa shape index (κ2) is 7.39. The smallest absolute Gasteiger partial charge is 0.275 e. The van der Waals surface area contributed by atoms with E-state index in [2.05, 4.69) is 5.43 Å². The van der Waals surface area contributed by atoms with Gasteiger partial charge in [-0.1, -0.05) is 0 Å². The molecule has 5 nitrogen and oxygen atoms in total. The molecule has 0 aliphatic carbocycles. The highest BCUT2D eigenvalue weighted by Crippen LogP contribution is 2.18. The molecule has 1 atom stereocenters. The number of thiophene rings is 1. The quantitative estimate of drug-likeness (QED) is 0.439. The number of rotatable bonds is 7. The van der Waals surface area contributed by atoms with Gasteiger partial charge in [0.15, 0.2) is 0 Å². The molecule has 0 fully saturated rings. The van der Waals surface area contributed by atoms with Gasteiger partial charge in [-0.15, -0.1) is 11.3 Å². The molecule has 1 amide bonds. The van der Waals surface area contributed by atoms with Gasteiger partial charge in [-0.05, 0) is 25.3 Å². The van der Waals surface area contributed by atoms with Gasteiger partial charge in [-0.25, -0.2) is 5.84 Å². The average molecular weight is 258 g/mol. The Kier molecular flexibility index (Phi) is 6.13. The van der Waals surface area contributed by atoms with Gasteiger partial charge in [-0.3, -0.25) is 10.2 Å². The zero-order chi connectivity index (χ0) is 12.7. The zero-order valence-corrected chi connectivity index (χ0v) is 10.9. The number of hydrogen-bond donors (Lipinski definition) is 2. The minimum atomic E-state index is -0.281. The minimum Gasteiger partial charge on any atom is -0.379 e. The molecule has 0 spiro atoms. The molecule has 0 saturated carbocycles. The number of hydrazine groups is 1. The van der Waals surface area contributed by atoms with E-state index in [4.69, 9.17) is 15.3 Å². The van der Waals surface area contributed by atoms with Crippen molar-refractivity contribution in [2.45, 2.75) is 26.6 Å². The van der Waals surface area contributed by atoms with E-state index in [9.17, 15) is 4.79 Å². The van der Waals surface area contributed by atoms with Crippen LogP contribution in [0.25, 0.3) is 0 Å². The Morgan fingerprint density at radius 3 is 3.06 bits per heavy atom. The fourth-order valence-corrected chi connectivity index (χ4v) is 2.09. The highest BCUT2D eigenvalue weighted by Gasteiger charge is 2.13. The molecular weight excluding hydrogens is 240 g/mol. The Hall–Kier alpha value is -0.950. The summed E-state index contributed by atoms with van der Waals surface area (Å²) in [5.74, 6) is 4.82. The van der Waals surface area contributed by atoms with E-state index in [-0.39, 0.29) is 12.0 Å². The maximum atomic E-state index is 11.4. The van der Waals surface area contributed by atoms with E-state index in [1.54, 1.807) is 0 Å². The third kappa shape index (κ3) is 4.43. The summed E-state index contributed by atoms with van der Waals surface area (Å²) < 4.78 is 10.8. The van der Waals surface area contributed by atoms with E-state index in [0.717, 1.165) is 5.56 Å². The molecule has 1 unspecified atom stereocenters. The van der Waals surface area contributed by atoms with Gasteiger partial charge >= 0.3 is 0 Å². The summed E-state index contributed by atoms with van der Waals surface area (Å²) >= 11 is 1.35. The Morgan fingerprint density at radius 1 is 1.65 bits per heavy atom. The SMILES string of the molecule is CCOCC(C)OCc1ccsc1C(=O)NN. The molecule has 1 heterocycles. The first-order valence-electron chi connectivity index (χ1n) is 5.45. The molecule has 1 rings (SSSR count). The van der Waals surface area contributed by atoms with E-state index in [0.29, 0.717) is 24.7 Å². The van der Waals surface area contributed by atoms with Crippen molar-refractivity contribution in [3.8, 4) is 0 Å². The van der Waals surface area contributed by atoms with E-state index in [1.165, 1.54) is 11.3 Å². The molecule has 17 heavy (non-hydrogen) atoms. The van der Waals surface area contributed by atoms with Gasteiger partial charge < -0.3 is 9.47 Å². The van der Waals surface area contributed by atoms with Crippen molar-refractivity contribution < 1.29 is 14.3 Å². The fourth-order valence-electron chi connectivity index (χ4n) is 1.28. The second-order valence-electron chi connectivity index (χ2n) is 3.53. The van der Waals surface area contributed by atoms with Crippen molar-refractivity contribution >= 4 is 17.2 Å². The van der Waals surface area contributed by atoms with Crippen LogP contribution in [0.1, 0.15) is 29.1 Å². The first-order valence-corrected chi connectivity index (χ1v) is 6.33. The third-order valence-corrected chi connectivity index (χ3v) is 3.12. The van der Waals surface area contributed by atoms with Crippen molar-refractivity contribution in [3.05, 3.63) is 21.9 Å². The summed E-state index contributed by atoms with van der Waals surface area (Å²) in [4.78, 5) is 12.0. The Labute approximate surface area is 105 Å². The van der Waals surface area contributed by atoms with Crippen LogP contribution >= 0.6 is 11.3 Å². The van der Waals surface area contributed by atoms with Crippen LogP contribution in [0.15, 0.2) is 11.4 Å². The molecule has 6 heteroatoms. The fraction of sp³-hybridized carbons (Fsp3) is 0.545. The molecule has 1 aromatic heterocycles. The lowest BCUT2D eigenvalue weighted by molar-refractivity contribution is -0.0117. The number of hydrogen-bond acceptors (Lipinski definition) is 5. The van der Waals surface area contributed by atoms with Crippen molar-refractivity contribution in [1.82, 2.24) is 5.43 Å². The van der Waals surface area contributed by atoms with Crippen LogP contribution in [-0.2, 0) is 16.1 Å². The predicted octanol–water partition coefficient (Wildman–Crippen LogP) is 1.29. The molecule has 0 aliphatic heterocycles. The predicted molar refractivity (Wildman–Crippen MR) is 66.7 cm³/mol. The average Bonchev–Trinajstić information content (AvgIpc) is 2.81. The third-order valence-electron chi connectivity index (χ3n) is 2.16. The van der Waals surface area contributed by atoms with E-state index < -0.39 is 0 Å². The number of nitrogens with two attached hydrogens (primary N) is 1. The Morgan fingerprint density at radius 2 is 2.41 bits per heavy atom. The topological polar surface area (TPSA) is 73.6 Å². The first-order chi connectivity index (χ1) is 8.19. The van der Waals surface area contributed by atoms with Crippen LogP contribution in [0.2, 0.25) is 0 Å². The van der Waals surface area contributed by atoms with Gasteiger partial charge in [0.1, 0.15) is 0 Å². The van der Waals surface area contributed by atoms with E-state index >= 15 is 0 Å². The van der Waals surface area contributed by atoms with Crippen molar-refractivity contribution in [3.63, 3.8) is 0 Å². The van der Waals surface area contributed by atoms with Crippen LogP contribution in [0.5, 0.6) is 0 Å². The molecule has 0 bridgehead atoms. The molecular formula is C11H18N2O3S. The first kappa shape index (κ1) is 14.1. The summed E-state index contributed by atoms with van der Waals surface area (Å²) in [7, 11) is 0. The summed E-state index contributed by atoms with van der Waals surface area (Å²) in [6, 6.07) is 1.86. The van der Waals surface area contributed by atoms with Gasteiger partial charge in [-0.2, -0.15) is 0 Å². The normalized spacial score (nSPS) is 12.4. The zero-order valence-electron chi connectivity index (χ0n) is 10.1. The number of carbonyl (C=O) groups is 1.